The van der Waals surface area contributed by atoms with E-state index in [1.165, 1.54) is 30.3 Å². The predicted octanol–water partition coefficient (Wildman–Crippen LogP) is 2.90. The number of nitrogens with one attached hydrogen (secondary N) is 2. The Bertz CT molecular complexity index is 947. The molecule has 0 fully saturated rings. The molecule has 0 spiro atoms. The number of hydrogen-bond acceptors (Lipinski definition) is 5. The molecule has 164 valence electrons. The predicted molar refractivity (Wildman–Crippen MR) is 104 cm³/mol. The number of methoxy groups -OCH3 is 1. The van der Waals surface area contributed by atoms with Crippen molar-refractivity contribution in [1.82, 2.24) is 5.32 Å². The van der Waals surface area contributed by atoms with Crippen molar-refractivity contribution >= 4 is 21.6 Å². The molecule has 0 aliphatic rings. The summed E-state index contributed by atoms with van der Waals surface area (Å²) in [5, 5.41) is 2.62. The van der Waals surface area contributed by atoms with E-state index in [-0.39, 0.29) is 22.7 Å². The highest BCUT2D eigenvalue weighted by molar-refractivity contribution is 7.92. The van der Waals surface area contributed by atoms with Crippen LogP contribution in [0.3, 0.4) is 0 Å². The lowest BCUT2D eigenvalue weighted by Gasteiger charge is -2.12. The fourth-order valence-corrected chi connectivity index (χ4v) is 3.39. The third kappa shape index (κ3) is 7.01. The van der Waals surface area contributed by atoms with Crippen LogP contribution in [0.2, 0.25) is 0 Å². The van der Waals surface area contributed by atoms with Gasteiger partial charge in [0.25, 0.3) is 15.9 Å². The van der Waals surface area contributed by atoms with Crippen LogP contribution in [0.4, 0.5) is 18.9 Å². The minimum atomic E-state index is -4.59. The summed E-state index contributed by atoms with van der Waals surface area (Å²) in [5.41, 5.74) is -0.967. The average Bonchev–Trinajstić information content (AvgIpc) is 2.70. The smallest absolute Gasteiger partial charge is 0.382 e. The van der Waals surface area contributed by atoms with E-state index in [0.717, 1.165) is 12.1 Å². The van der Waals surface area contributed by atoms with E-state index in [4.69, 9.17) is 9.47 Å². The molecule has 0 saturated carbocycles. The highest BCUT2D eigenvalue weighted by Gasteiger charge is 2.30. The number of amides is 1. The molecule has 0 atom stereocenters. The van der Waals surface area contributed by atoms with E-state index in [1.807, 2.05) is 0 Å². The Morgan fingerprint density at radius 1 is 1.03 bits per heavy atom. The van der Waals surface area contributed by atoms with Gasteiger partial charge in [-0.1, -0.05) is 6.07 Å². The summed E-state index contributed by atoms with van der Waals surface area (Å²) in [4.78, 5) is 11.9. The normalized spacial score (nSPS) is 11.9. The second-order valence-corrected chi connectivity index (χ2v) is 7.75. The topological polar surface area (TPSA) is 93.7 Å². The van der Waals surface area contributed by atoms with Crippen molar-refractivity contribution in [2.75, 3.05) is 38.2 Å². The molecule has 0 heterocycles. The maximum absolute atomic E-state index is 12.8. The van der Waals surface area contributed by atoms with E-state index < -0.39 is 27.7 Å². The van der Waals surface area contributed by atoms with E-state index in [1.54, 1.807) is 7.11 Å². The molecule has 0 saturated heterocycles. The molecule has 11 heteroatoms. The summed E-state index contributed by atoms with van der Waals surface area (Å²) < 4.78 is 75.3. The van der Waals surface area contributed by atoms with Gasteiger partial charge < -0.3 is 14.8 Å². The van der Waals surface area contributed by atoms with Crippen molar-refractivity contribution in [3.63, 3.8) is 0 Å². The van der Waals surface area contributed by atoms with Crippen LogP contribution < -0.4 is 10.0 Å². The minimum Gasteiger partial charge on any atom is -0.382 e. The summed E-state index contributed by atoms with van der Waals surface area (Å²) >= 11 is 0. The number of rotatable bonds is 10. The quantitative estimate of drug-likeness (QED) is 0.548. The second-order valence-electron chi connectivity index (χ2n) is 6.07. The molecule has 0 bridgehead atoms. The molecular formula is C19H21F3N2O5S. The molecule has 30 heavy (non-hydrogen) atoms. The van der Waals surface area contributed by atoms with Gasteiger partial charge in [0.2, 0.25) is 0 Å². The van der Waals surface area contributed by atoms with Crippen molar-refractivity contribution in [2.45, 2.75) is 11.1 Å². The zero-order valence-electron chi connectivity index (χ0n) is 16.0. The van der Waals surface area contributed by atoms with Crippen molar-refractivity contribution < 1.29 is 35.9 Å². The van der Waals surface area contributed by atoms with Gasteiger partial charge in [0.15, 0.2) is 0 Å². The highest BCUT2D eigenvalue weighted by atomic mass is 32.2. The Labute approximate surface area is 172 Å². The lowest BCUT2D eigenvalue weighted by molar-refractivity contribution is -0.137. The zero-order chi connectivity index (χ0) is 22.2. The molecule has 2 rings (SSSR count). The van der Waals surface area contributed by atoms with E-state index in [9.17, 15) is 26.4 Å². The third-order valence-corrected chi connectivity index (χ3v) is 5.23. The summed E-state index contributed by atoms with van der Waals surface area (Å²) in [6, 6.07) is 8.86. The monoisotopic (exact) mass is 446 g/mol. The summed E-state index contributed by atoms with van der Waals surface area (Å²) in [5.74, 6) is -0.417. The van der Waals surface area contributed by atoms with Crippen LogP contribution in [0.5, 0.6) is 0 Å². The number of sulfonamides is 1. The van der Waals surface area contributed by atoms with Crippen LogP contribution in [0.15, 0.2) is 53.4 Å². The number of ether oxygens (including phenoxy) is 2. The number of carbonyl (C=O) groups is 1. The number of benzene rings is 2. The molecule has 1 amide bonds. The highest BCUT2D eigenvalue weighted by Crippen LogP contribution is 2.31. The van der Waals surface area contributed by atoms with Crippen molar-refractivity contribution in [3.05, 3.63) is 59.7 Å². The summed E-state index contributed by atoms with van der Waals surface area (Å²) in [6.45, 7) is 1.40. The molecule has 0 aromatic heterocycles. The van der Waals surface area contributed by atoms with Gasteiger partial charge in [-0.25, -0.2) is 8.42 Å². The SMILES string of the molecule is COCCOCCNC(=O)c1ccc(S(=O)(=O)Nc2cccc(C(F)(F)F)c2)cc1. The molecule has 0 aliphatic carbocycles. The standard InChI is InChI=1S/C19H21F3N2O5S/c1-28-11-12-29-10-9-23-18(25)14-5-7-17(8-6-14)30(26,27)24-16-4-2-3-15(13-16)19(20,21)22/h2-8,13,24H,9-12H2,1H3,(H,23,25). The Morgan fingerprint density at radius 2 is 1.73 bits per heavy atom. The fourth-order valence-electron chi connectivity index (χ4n) is 2.34. The fraction of sp³-hybridized carbons (Fsp3) is 0.316. The molecule has 0 radical (unpaired) electrons. The molecule has 7 nitrogen and oxygen atoms in total. The van der Waals surface area contributed by atoms with Gasteiger partial charge in [0.05, 0.1) is 30.3 Å². The maximum atomic E-state index is 12.8. The number of carbonyl (C=O) groups excluding carboxylic acids is 1. The number of anilines is 1. The van der Waals surface area contributed by atoms with Crippen molar-refractivity contribution in [1.29, 1.82) is 0 Å². The first kappa shape index (κ1) is 23.6. The van der Waals surface area contributed by atoms with Crippen molar-refractivity contribution in [2.24, 2.45) is 0 Å². The number of hydrogen-bond donors (Lipinski definition) is 2. The van der Waals surface area contributed by atoms with Crippen LogP contribution in [0.25, 0.3) is 0 Å². The zero-order valence-corrected chi connectivity index (χ0v) is 16.8. The summed E-state index contributed by atoms with van der Waals surface area (Å²) in [6.07, 6.45) is -4.59. The van der Waals surface area contributed by atoms with Crippen LogP contribution in [-0.4, -0.2) is 47.8 Å². The second kappa shape index (κ2) is 10.4. The van der Waals surface area contributed by atoms with Crippen LogP contribution in [-0.2, 0) is 25.7 Å². The number of halogens is 3. The van der Waals surface area contributed by atoms with Crippen LogP contribution >= 0.6 is 0 Å². The Hall–Kier alpha value is -2.63. The first-order valence-electron chi connectivity index (χ1n) is 8.78. The Morgan fingerprint density at radius 3 is 2.37 bits per heavy atom. The van der Waals surface area contributed by atoms with Gasteiger partial charge in [-0.05, 0) is 42.5 Å². The molecule has 0 aliphatic heterocycles. The van der Waals surface area contributed by atoms with Gasteiger partial charge in [-0.15, -0.1) is 0 Å². The first-order chi connectivity index (χ1) is 14.1. The molecule has 2 N–H and O–H groups in total. The minimum absolute atomic E-state index is 0.195. The van der Waals surface area contributed by atoms with Gasteiger partial charge >= 0.3 is 6.18 Å². The lowest BCUT2D eigenvalue weighted by atomic mass is 10.2. The Balaban J connectivity index is 1.98. The Kier molecular flexibility index (Phi) is 8.21. The molecule has 0 unspecified atom stereocenters. The van der Waals surface area contributed by atoms with E-state index in [0.29, 0.717) is 25.9 Å². The van der Waals surface area contributed by atoms with Crippen LogP contribution in [0.1, 0.15) is 15.9 Å². The van der Waals surface area contributed by atoms with Gasteiger partial charge in [0.1, 0.15) is 0 Å². The first-order valence-corrected chi connectivity index (χ1v) is 10.3. The maximum Gasteiger partial charge on any atom is 0.416 e. The van der Waals surface area contributed by atoms with E-state index >= 15 is 0 Å². The molecular weight excluding hydrogens is 425 g/mol. The van der Waals surface area contributed by atoms with Crippen LogP contribution in [0, 0.1) is 0 Å². The largest absolute Gasteiger partial charge is 0.416 e. The third-order valence-electron chi connectivity index (χ3n) is 3.83. The van der Waals surface area contributed by atoms with Gasteiger partial charge in [-0.3, -0.25) is 9.52 Å². The summed E-state index contributed by atoms with van der Waals surface area (Å²) in [7, 11) is -2.58. The molecule has 2 aromatic rings. The molecule has 2 aromatic carbocycles. The number of alkyl halides is 3. The van der Waals surface area contributed by atoms with Gasteiger partial charge in [-0.2, -0.15) is 13.2 Å². The lowest BCUT2D eigenvalue weighted by Crippen LogP contribution is -2.27. The van der Waals surface area contributed by atoms with E-state index in [2.05, 4.69) is 10.0 Å². The van der Waals surface area contributed by atoms with Crippen molar-refractivity contribution in [3.8, 4) is 0 Å². The van der Waals surface area contributed by atoms with Gasteiger partial charge in [0, 0.05) is 24.9 Å². The average molecular weight is 446 g/mol.